The molecular formula is C14H19N3O3S. The Labute approximate surface area is 127 Å². The topological polar surface area (TPSA) is 93.5 Å². The highest BCUT2D eigenvalue weighted by Gasteiger charge is 2.28. The van der Waals surface area contributed by atoms with Gasteiger partial charge in [0.2, 0.25) is 0 Å². The fourth-order valence-corrected chi connectivity index (χ4v) is 3.10. The number of anilines is 2. The lowest BCUT2D eigenvalue weighted by Gasteiger charge is -2.27. The van der Waals surface area contributed by atoms with Crippen molar-refractivity contribution >= 4 is 33.9 Å². The van der Waals surface area contributed by atoms with Gasteiger partial charge in [0.25, 0.3) is 5.91 Å². The molecule has 1 saturated carbocycles. The molecular weight excluding hydrogens is 290 g/mol. The van der Waals surface area contributed by atoms with Gasteiger partial charge < -0.3 is 21.1 Å². The minimum absolute atomic E-state index is 0.162. The summed E-state index contributed by atoms with van der Waals surface area (Å²) in [6, 6.07) is 0.329. The van der Waals surface area contributed by atoms with Crippen LogP contribution in [0.2, 0.25) is 0 Å². The van der Waals surface area contributed by atoms with Crippen LogP contribution in [0, 0.1) is 0 Å². The molecule has 114 valence electrons. The number of nitrogen functional groups attached to an aromatic ring is 1. The number of carbonyl (C=O) groups is 2. The molecule has 4 N–H and O–H groups in total. The van der Waals surface area contributed by atoms with E-state index in [9.17, 15) is 9.59 Å². The van der Waals surface area contributed by atoms with Crippen molar-refractivity contribution in [2.24, 2.45) is 0 Å². The SMILES string of the molecule is C=CCNC(=O)c1sc(NC2CCC2)c(C(=O)OC)c1N. The molecule has 1 amide bonds. The average Bonchev–Trinajstić information content (AvgIpc) is 2.76. The molecule has 21 heavy (non-hydrogen) atoms. The molecule has 1 aromatic rings. The summed E-state index contributed by atoms with van der Waals surface area (Å²) in [5, 5.41) is 6.54. The van der Waals surface area contributed by atoms with E-state index >= 15 is 0 Å². The summed E-state index contributed by atoms with van der Waals surface area (Å²) < 4.78 is 4.77. The number of rotatable bonds is 6. The Kier molecular flexibility index (Phi) is 4.85. The van der Waals surface area contributed by atoms with Gasteiger partial charge >= 0.3 is 5.97 Å². The molecule has 1 aliphatic rings. The minimum Gasteiger partial charge on any atom is -0.465 e. The third-order valence-corrected chi connectivity index (χ3v) is 4.52. The quantitative estimate of drug-likeness (QED) is 0.552. The number of methoxy groups -OCH3 is 1. The molecule has 1 heterocycles. The highest BCUT2D eigenvalue weighted by molar-refractivity contribution is 7.19. The highest BCUT2D eigenvalue weighted by Crippen LogP contribution is 2.38. The van der Waals surface area contributed by atoms with Gasteiger partial charge in [-0.15, -0.1) is 17.9 Å². The van der Waals surface area contributed by atoms with Crippen molar-refractivity contribution in [3.63, 3.8) is 0 Å². The second kappa shape index (κ2) is 6.62. The third kappa shape index (κ3) is 3.18. The molecule has 0 bridgehead atoms. The van der Waals surface area contributed by atoms with E-state index < -0.39 is 5.97 Å². The van der Waals surface area contributed by atoms with Crippen LogP contribution in [0.3, 0.4) is 0 Å². The first-order chi connectivity index (χ1) is 10.1. The number of nitrogens with one attached hydrogen (secondary N) is 2. The fourth-order valence-electron chi connectivity index (χ4n) is 2.00. The number of amides is 1. The van der Waals surface area contributed by atoms with Crippen molar-refractivity contribution in [1.29, 1.82) is 0 Å². The van der Waals surface area contributed by atoms with Crippen LogP contribution in [0.1, 0.15) is 39.3 Å². The fraction of sp³-hybridized carbons (Fsp3) is 0.429. The predicted molar refractivity (Wildman–Crippen MR) is 83.9 cm³/mol. The zero-order chi connectivity index (χ0) is 15.4. The molecule has 0 aliphatic heterocycles. The maximum absolute atomic E-state index is 12.1. The Morgan fingerprint density at radius 2 is 2.24 bits per heavy atom. The molecule has 0 spiro atoms. The number of hydrogen-bond donors (Lipinski definition) is 3. The van der Waals surface area contributed by atoms with E-state index in [0.717, 1.165) is 12.8 Å². The van der Waals surface area contributed by atoms with Crippen LogP contribution in [-0.2, 0) is 4.74 Å². The summed E-state index contributed by atoms with van der Waals surface area (Å²) in [5.41, 5.74) is 6.38. The second-order valence-electron chi connectivity index (χ2n) is 4.81. The minimum atomic E-state index is -0.534. The predicted octanol–water partition coefficient (Wildman–Crippen LogP) is 2.00. The van der Waals surface area contributed by atoms with E-state index in [2.05, 4.69) is 17.2 Å². The van der Waals surface area contributed by atoms with Gasteiger partial charge in [0.15, 0.2) is 0 Å². The van der Waals surface area contributed by atoms with Crippen molar-refractivity contribution < 1.29 is 14.3 Å². The Bertz CT molecular complexity index is 564. The summed E-state index contributed by atoms with van der Waals surface area (Å²) in [4.78, 5) is 24.3. The molecule has 7 heteroatoms. The first-order valence-corrected chi connectivity index (χ1v) is 7.56. The first-order valence-electron chi connectivity index (χ1n) is 6.74. The number of esters is 1. The van der Waals surface area contributed by atoms with Gasteiger partial charge in [-0.2, -0.15) is 0 Å². The molecule has 2 rings (SSSR count). The van der Waals surface area contributed by atoms with Crippen LogP contribution in [0.15, 0.2) is 12.7 Å². The van der Waals surface area contributed by atoms with Gasteiger partial charge in [-0.05, 0) is 19.3 Å². The van der Waals surface area contributed by atoms with Crippen molar-refractivity contribution in [1.82, 2.24) is 5.32 Å². The molecule has 0 unspecified atom stereocenters. The van der Waals surface area contributed by atoms with Crippen LogP contribution in [-0.4, -0.2) is 31.6 Å². The normalized spacial score (nSPS) is 14.1. The first kappa shape index (κ1) is 15.4. The van der Waals surface area contributed by atoms with Crippen LogP contribution in [0.5, 0.6) is 0 Å². The molecule has 0 aromatic carbocycles. The highest BCUT2D eigenvalue weighted by atomic mass is 32.1. The van der Waals surface area contributed by atoms with E-state index in [-0.39, 0.29) is 17.2 Å². The Hall–Kier alpha value is -2.02. The average molecular weight is 309 g/mol. The van der Waals surface area contributed by atoms with Crippen LogP contribution in [0.25, 0.3) is 0 Å². The lowest BCUT2D eigenvalue weighted by molar-refractivity contribution is 0.0603. The van der Waals surface area contributed by atoms with E-state index in [1.165, 1.54) is 24.9 Å². The van der Waals surface area contributed by atoms with Gasteiger partial charge in [-0.3, -0.25) is 4.79 Å². The zero-order valence-electron chi connectivity index (χ0n) is 11.9. The number of nitrogens with two attached hydrogens (primary N) is 1. The molecule has 1 aliphatic carbocycles. The van der Waals surface area contributed by atoms with E-state index in [1.54, 1.807) is 6.08 Å². The second-order valence-corrected chi connectivity index (χ2v) is 5.83. The number of carbonyl (C=O) groups excluding carboxylic acids is 2. The Balaban J connectivity index is 2.30. The smallest absolute Gasteiger partial charge is 0.343 e. The van der Waals surface area contributed by atoms with E-state index in [1.807, 2.05) is 0 Å². The van der Waals surface area contributed by atoms with Crippen molar-refractivity contribution in [2.45, 2.75) is 25.3 Å². The molecule has 0 atom stereocenters. The summed E-state index contributed by atoms with van der Waals surface area (Å²) in [5.74, 6) is -0.849. The molecule has 1 fully saturated rings. The standard InChI is InChI=1S/C14H19N3O3S/c1-3-7-16-12(18)11-10(15)9(14(19)20-2)13(21-11)17-8-5-4-6-8/h3,8,17H,1,4-7,15H2,2H3,(H,16,18). The van der Waals surface area contributed by atoms with Crippen molar-refractivity contribution in [3.05, 3.63) is 23.1 Å². The number of thiophene rings is 1. The Morgan fingerprint density at radius 3 is 2.76 bits per heavy atom. The summed E-state index contributed by atoms with van der Waals surface area (Å²) in [6.07, 6.45) is 4.85. The number of hydrogen-bond acceptors (Lipinski definition) is 6. The van der Waals surface area contributed by atoms with Gasteiger partial charge in [-0.1, -0.05) is 6.08 Å². The summed E-state index contributed by atoms with van der Waals surface area (Å²) in [6.45, 7) is 3.88. The van der Waals surface area contributed by atoms with E-state index in [4.69, 9.17) is 10.5 Å². The third-order valence-electron chi connectivity index (χ3n) is 3.39. The van der Waals surface area contributed by atoms with Gasteiger partial charge in [0.05, 0.1) is 12.8 Å². The monoisotopic (exact) mass is 309 g/mol. The van der Waals surface area contributed by atoms with Crippen LogP contribution >= 0.6 is 11.3 Å². The maximum atomic E-state index is 12.1. The zero-order valence-corrected chi connectivity index (χ0v) is 12.7. The van der Waals surface area contributed by atoms with Crippen molar-refractivity contribution in [2.75, 3.05) is 24.7 Å². The molecule has 1 aromatic heterocycles. The Morgan fingerprint density at radius 1 is 1.52 bits per heavy atom. The van der Waals surface area contributed by atoms with Crippen molar-refractivity contribution in [3.8, 4) is 0 Å². The number of ether oxygens (including phenoxy) is 1. The lowest BCUT2D eigenvalue weighted by Crippen LogP contribution is -2.27. The molecule has 6 nitrogen and oxygen atoms in total. The summed E-state index contributed by atoms with van der Waals surface area (Å²) in [7, 11) is 1.30. The van der Waals surface area contributed by atoms with Gasteiger partial charge in [0.1, 0.15) is 15.4 Å². The molecule has 0 saturated heterocycles. The van der Waals surface area contributed by atoms with Gasteiger partial charge in [-0.25, -0.2) is 4.79 Å². The van der Waals surface area contributed by atoms with E-state index in [0.29, 0.717) is 22.5 Å². The van der Waals surface area contributed by atoms with Gasteiger partial charge in [0, 0.05) is 12.6 Å². The lowest BCUT2D eigenvalue weighted by atomic mass is 9.93. The largest absolute Gasteiger partial charge is 0.465 e. The molecule has 0 radical (unpaired) electrons. The van der Waals surface area contributed by atoms with Crippen LogP contribution < -0.4 is 16.4 Å². The maximum Gasteiger partial charge on any atom is 0.343 e. The summed E-state index contributed by atoms with van der Waals surface area (Å²) >= 11 is 1.18. The van der Waals surface area contributed by atoms with Crippen LogP contribution in [0.4, 0.5) is 10.7 Å².